The molecular formula is C20H24N4O5S. The summed E-state index contributed by atoms with van der Waals surface area (Å²) >= 11 is 0. The van der Waals surface area contributed by atoms with E-state index in [1.165, 1.54) is 16.4 Å². The van der Waals surface area contributed by atoms with Crippen LogP contribution in [0, 0.1) is 0 Å². The van der Waals surface area contributed by atoms with Crippen molar-refractivity contribution < 1.29 is 22.7 Å². The molecule has 2 aliphatic rings. The van der Waals surface area contributed by atoms with Crippen LogP contribution >= 0.6 is 0 Å². The van der Waals surface area contributed by atoms with Crippen LogP contribution in [-0.4, -0.2) is 79.2 Å². The van der Waals surface area contributed by atoms with Gasteiger partial charge in [0.05, 0.1) is 18.1 Å². The van der Waals surface area contributed by atoms with E-state index in [0.717, 1.165) is 0 Å². The molecule has 160 valence electrons. The number of rotatable bonds is 5. The van der Waals surface area contributed by atoms with E-state index in [4.69, 9.17) is 9.47 Å². The number of ether oxygens (including phenoxy) is 2. The maximum Gasteiger partial charge on any atom is 0.253 e. The van der Waals surface area contributed by atoms with Crippen molar-refractivity contribution in [3.8, 4) is 5.88 Å². The third-order valence-corrected chi connectivity index (χ3v) is 7.19. The summed E-state index contributed by atoms with van der Waals surface area (Å²) in [5, 5.41) is 7.72. The van der Waals surface area contributed by atoms with Gasteiger partial charge in [0, 0.05) is 56.8 Å². The second-order valence-electron chi connectivity index (χ2n) is 7.21. The van der Waals surface area contributed by atoms with Crippen LogP contribution in [-0.2, 0) is 14.8 Å². The molecule has 0 aliphatic carbocycles. The molecule has 0 N–H and O–H groups in total. The fourth-order valence-corrected chi connectivity index (χ4v) is 4.99. The van der Waals surface area contributed by atoms with Gasteiger partial charge in [0.25, 0.3) is 5.91 Å². The molecular weight excluding hydrogens is 408 g/mol. The first kappa shape index (κ1) is 20.7. The second kappa shape index (κ2) is 9.07. The van der Waals surface area contributed by atoms with E-state index in [1.807, 2.05) is 0 Å². The lowest BCUT2D eigenvalue weighted by molar-refractivity contribution is 0.0586. The number of piperidine rings is 1. The molecule has 0 radical (unpaired) electrons. The number of carbonyl (C=O) groups excluding carboxylic acids is 1. The minimum atomic E-state index is -3.57. The fraction of sp³-hybridized carbons (Fsp3) is 0.450. The Morgan fingerprint density at radius 1 is 1.03 bits per heavy atom. The third-order valence-electron chi connectivity index (χ3n) is 5.27. The molecule has 0 unspecified atom stereocenters. The Morgan fingerprint density at radius 2 is 1.73 bits per heavy atom. The highest BCUT2D eigenvalue weighted by Gasteiger charge is 2.28. The number of aromatic nitrogens is 2. The van der Waals surface area contributed by atoms with Gasteiger partial charge in [0.1, 0.15) is 6.10 Å². The number of amides is 1. The number of likely N-dealkylation sites (tertiary alicyclic amines) is 1. The van der Waals surface area contributed by atoms with Gasteiger partial charge in [-0.15, -0.1) is 5.10 Å². The summed E-state index contributed by atoms with van der Waals surface area (Å²) in [6.45, 7) is 2.61. The quantitative estimate of drug-likeness (QED) is 0.699. The number of benzene rings is 1. The van der Waals surface area contributed by atoms with Crippen LogP contribution in [0.5, 0.6) is 5.88 Å². The van der Waals surface area contributed by atoms with Crippen LogP contribution in [0.2, 0.25) is 0 Å². The van der Waals surface area contributed by atoms with E-state index < -0.39 is 10.0 Å². The zero-order valence-electron chi connectivity index (χ0n) is 16.5. The first-order valence-electron chi connectivity index (χ1n) is 9.95. The number of nitrogens with zero attached hydrogens (tertiary/aromatic N) is 4. The lowest BCUT2D eigenvalue weighted by atomic mass is 10.1. The van der Waals surface area contributed by atoms with Gasteiger partial charge in [-0.25, -0.2) is 8.42 Å². The maximum atomic E-state index is 12.8. The summed E-state index contributed by atoms with van der Waals surface area (Å²) in [7, 11) is -3.57. The first-order valence-corrected chi connectivity index (χ1v) is 11.4. The average Bonchev–Trinajstić information content (AvgIpc) is 2.80. The Bertz CT molecular complexity index is 954. The molecule has 1 aromatic carbocycles. The largest absolute Gasteiger partial charge is 0.473 e. The summed E-state index contributed by atoms with van der Waals surface area (Å²) in [4.78, 5) is 14.8. The normalized spacial score (nSPS) is 18.9. The van der Waals surface area contributed by atoms with Crippen LogP contribution in [0.25, 0.3) is 0 Å². The highest BCUT2D eigenvalue weighted by molar-refractivity contribution is 7.89. The molecule has 1 aromatic heterocycles. The highest BCUT2D eigenvalue weighted by Crippen LogP contribution is 2.21. The van der Waals surface area contributed by atoms with Crippen LogP contribution in [0.1, 0.15) is 23.2 Å². The van der Waals surface area contributed by atoms with Crippen LogP contribution in [0.15, 0.2) is 47.5 Å². The van der Waals surface area contributed by atoms with Gasteiger partial charge in [-0.2, -0.15) is 9.40 Å². The van der Waals surface area contributed by atoms with E-state index in [0.29, 0.717) is 63.7 Å². The SMILES string of the molecule is O=C(c1ccc(S(=O)(=O)N2CCOCC2)cc1)N1CCC(Oc2cccnn2)CC1. The topological polar surface area (TPSA) is 102 Å². The number of carbonyl (C=O) groups is 1. The van der Waals surface area contributed by atoms with Gasteiger partial charge in [-0.05, 0) is 30.3 Å². The van der Waals surface area contributed by atoms with Crippen LogP contribution < -0.4 is 4.74 Å². The monoisotopic (exact) mass is 432 g/mol. The maximum absolute atomic E-state index is 12.8. The lowest BCUT2D eigenvalue weighted by Crippen LogP contribution is -2.42. The summed E-state index contributed by atoms with van der Waals surface area (Å²) in [6, 6.07) is 9.69. The molecule has 2 saturated heterocycles. The molecule has 2 fully saturated rings. The first-order chi connectivity index (χ1) is 14.5. The predicted octanol–water partition coefficient (Wildman–Crippen LogP) is 1.18. The molecule has 30 heavy (non-hydrogen) atoms. The van der Waals surface area contributed by atoms with Crippen molar-refractivity contribution in [3.63, 3.8) is 0 Å². The molecule has 0 saturated carbocycles. The number of morpholine rings is 1. The Kier molecular flexibility index (Phi) is 6.26. The molecule has 0 bridgehead atoms. The Labute approximate surface area is 175 Å². The van der Waals surface area contributed by atoms with E-state index in [9.17, 15) is 13.2 Å². The van der Waals surface area contributed by atoms with E-state index in [-0.39, 0.29) is 16.9 Å². The van der Waals surface area contributed by atoms with Gasteiger partial charge < -0.3 is 14.4 Å². The van der Waals surface area contributed by atoms with Gasteiger partial charge >= 0.3 is 0 Å². The Hall–Kier alpha value is -2.56. The minimum absolute atomic E-state index is 0.00760. The average molecular weight is 433 g/mol. The highest BCUT2D eigenvalue weighted by atomic mass is 32.2. The standard InChI is InChI=1S/C20H24N4O5S/c25-20(23-10-7-17(8-11-23)29-19-2-1-9-21-22-19)16-3-5-18(6-4-16)30(26,27)24-12-14-28-15-13-24/h1-6,9,17H,7-8,10-15H2. The Balaban J connectivity index is 1.35. The third kappa shape index (κ3) is 4.61. The lowest BCUT2D eigenvalue weighted by Gasteiger charge is -2.32. The van der Waals surface area contributed by atoms with Crippen molar-refractivity contribution >= 4 is 15.9 Å². The van der Waals surface area contributed by atoms with Gasteiger partial charge in [0.15, 0.2) is 0 Å². The van der Waals surface area contributed by atoms with Crippen molar-refractivity contribution in [1.29, 1.82) is 0 Å². The molecule has 3 heterocycles. The summed E-state index contributed by atoms with van der Waals surface area (Å²) in [5.74, 6) is 0.377. The zero-order valence-corrected chi connectivity index (χ0v) is 17.3. The van der Waals surface area contributed by atoms with E-state index in [1.54, 1.807) is 35.4 Å². The number of hydrogen-bond donors (Lipinski definition) is 0. The van der Waals surface area contributed by atoms with Crippen molar-refractivity contribution in [2.24, 2.45) is 0 Å². The molecule has 10 heteroatoms. The fourth-order valence-electron chi connectivity index (χ4n) is 3.59. The number of sulfonamides is 1. The van der Waals surface area contributed by atoms with Crippen LogP contribution in [0.4, 0.5) is 0 Å². The van der Waals surface area contributed by atoms with E-state index >= 15 is 0 Å². The molecule has 0 spiro atoms. The molecule has 0 atom stereocenters. The van der Waals surface area contributed by atoms with Crippen LogP contribution in [0.3, 0.4) is 0 Å². The van der Waals surface area contributed by atoms with Gasteiger partial charge in [0.2, 0.25) is 15.9 Å². The zero-order chi connectivity index (χ0) is 21.0. The Morgan fingerprint density at radius 3 is 2.37 bits per heavy atom. The summed E-state index contributed by atoms with van der Waals surface area (Å²) in [6.07, 6.45) is 2.98. The van der Waals surface area contributed by atoms with E-state index in [2.05, 4.69) is 10.2 Å². The predicted molar refractivity (Wildman–Crippen MR) is 108 cm³/mol. The van der Waals surface area contributed by atoms with Crippen molar-refractivity contribution in [2.45, 2.75) is 23.8 Å². The van der Waals surface area contributed by atoms with Crippen molar-refractivity contribution in [2.75, 3.05) is 39.4 Å². The molecule has 2 aromatic rings. The van der Waals surface area contributed by atoms with Gasteiger partial charge in [-0.3, -0.25) is 4.79 Å². The number of hydrogen-bond acceptors (Lipinski definition) is 7. The van der Waals surface area contributed by atoms with Gasteiger partial charge in [-0.1, -0.05) is 0 Å². The second-order valence-corrected chi connectivity index (χ2v) is 9.15. The summed E-state index contributed by atoms with van der Waals surface area (Å²) < 4.78 is 37.9. The smallest absolute Gasteiger partial charge is 0.253 e. The molecule has 9 nitrogen and oxygen atoms in total. The summed E-state index contributed by atoms with van der Waals surface area (Å²) in [5.41, 5.74) is 0.476. The molecule has 2 aliphatic heterocycles. The minimum Gasteiger partial charge on any atom is -0.473 e. The van der Waals surface area contributed by atoms with Crippen molar-refractivity contribution in [1.82, 2.24) is 19.4 Å². The van der Waals surface area contributed by atoms with Crippen molar-refractivity contribution in [3.05, 3.63) is 48.2 Å². The molecule has 4 rings (SSSR count). The molecule has 1 amide bonds.